The van der Waals surface area contributed by atoms with Crippen LogP contribution in [0.1, 0.15) is 18.5 Å². The van der Waals surface area contributed by atoms with Crippen molar-refractivity contribution in [3.05, 3.63) is 16.6 Å². The van der Waals surface area contributed by atoms with E-state index in [1.165, 1.54) is 0 Å². The van der Waals surface area contributed by atoms with Crippen molar-refractivity contribution in [3.8, 4) is 0 Å². The summed E-state index contributed by atoms with van der Waals surface area (Å²) in [5.74, 6) is 0. The van der Waals surface area contributed by atoms with Crippen LogP contribution in [0.2, 0.25) is 0 Å². The number of hydrogen-bond acceptors (Lipinski definition) is 4. The molecule has 1 aromatic rings. The summed E-state index contributed by atoms with van der Waals surface area (Å²) in [6, 6.07) is 0. The minimum atomic E-state index is -0.0771. The van der Waals surface area contributed by atoms with Crippen molar-refractivity contribution >= 4 is 11.3 Å². The lowest BCUT2D eigenvalue weighted by Crippen LogP contribution is -2.35. The molecule has 0 amide bonds. The van der Waals surface area contributed by atoms with Crippen LogP contribution < -0.4 is 0 Å². The molecular weight excluding hydrogens is 184 g/mol. The van der Waals surface area contributed by atoms with E-state index in [-0.39, 0.29) is 6.10 Å². The Labute approximate surface area is 82.0 Å². The first-order valence-corrected chi connectivity index (χ1v) is 5.56. The Kier molecular flexibility index (Phi) is 2.93. The van der Waals surface area contributed by atoms with Crippen molar-refractivity contribution in [1.82, 2.24) is 9.88 Å². The van der Waals surface area contributed by atoms with Gasteiger partial charge in [0.05, 0.1) is 17.3 Å². The average molecular weight is 198 g/mol. The molecule has 1 N–H and O–H groups in total. The number of piperidine rings is 1. The summed E-state index contributed by atoms with van der Waals surface area (Å²) in [6.07, 6.45) is 1.74. The van der Waals surface area contributed by atoms with Crippen LogP contribution in [-0.2, 0) is 6.54 Å². The van der Waals surface area contributed by atoms with Gasteiger partial charge in [0.1, 0.15) is 0 Å². The van der Waals surface area contributed by atoms with E-state index in [0.717, 1.165) is 38.2 Å². The number of likely N-dealkylation sites (tertiary alicyclic amines) is 1. The van der Waals surface area contributed by atoms with Crippen molar-refractivity contribution < 1.29 is 5.11 Å². The van der Waals surface area contributed by atoms with E-state index in [4.69, 9.17) is 0 Å². The highest BCUT2D eigenvalue weighted by Gasteiger charge is 2.16. The summed E-state index contributed by atoms with van der Waals surface area (Å²) in [4.78, 5) is 6.59. The van der Waals surface area contributed by atoms with Gasteiger partial charge in [-0.2, -0.15) is 0 Å². The van der Waals surface area contributed by atoms with Crippen LogP contribution in [0.25, 0.3) is 0 Å². The van der Waals surface area contributed by atoms with Crippen LogP contribution >= 0.6 is 11.3 Å². The number of rotatable bonds is 2. The predicted molar refractivity (Wildman–Crippen MR) is 52.6 cm³/mol. The minimum Gasteiger partial charge on any atom is -0.393 e. The number of aliphatic hydroxyl groups is 1. The van der Waals surface area contributed by atoms with Crippen molar-refractivity contribution in [2.45, 2.75) is 25.5 Å². The Morgan fingerprint density at radius 1 is 1.54 bits per heavy atom. The Balaban J connectivity index is 1.83. The summed E-state index contributed by atoms with van der Waals surface area (Å²) >= 11 is 1.64. The van der Waals surface area contributed by atoms with Gasteiger partial charge in [-0.1, -0.05) is 0 Å². The first-order valence-electron chi connectivity index (χ1n) is 4.62. The van der Waals surface area contributed by atoms with Crippen molar-refractivity contribution in [2.75, 3.05) is 13.1 Å². The third-order valence-electron chi connectivity index (χ3n) is 2.43. The molecule has 1 aromatic heterocycles. The quantitative estimate of drug-likeness (QED) is 0.773. The van der Waals surface area contributed by atoms with Crippen LogP contribution in [0.3, 0.4) is 0 Å². The summed E-state index contributed by atoms with van der Waals surface area (Å²) in [5, 5.41) is 11.4. The Bertz CT molecular complexity index is 242. The number of aromatic nitrogens is 1. The topological polar surface area (TPSA) is 36.4 Å². The molecular formula is C9H14N2OS. The lowest BCUT2D eigenvalue weighted by molar-refractivity contribution is 0.0787. The zero-order valence-electron chi connectivity index (χ0n) is 7.52. The molecule has 3 nitrogen and oxygen atoms in total. The fourth-order valence-electron chi connectivity index (χ4n) is 1.62. The Hall–Kier alpha value is -0.450. The molecule has 0 unspecified atom stereocenters. The van der Waals surface area contributed by atoms with Gasteiger partial charge in [-0.05, 0) is 12.8 Å². The molecule has 72 valence electrons. The van der Waals surface area contributed by atoms with Crippen molar-refractivity contribution in [1.29, 1.82) is 0 Å². The lowest BCUT2D eigenvalue weighted by Gasteiger charge is -2.28. The SMILES string of the molecule is OC1CCN(Cc2cscn2)CC1. The fourth-order valence-corrected chi connectivity index (χ4v) is 2.17. The molecule has 0 radical (unpaired) electrons. The molecule has 0 spiro atoms. The standard InChI is InChI=1S/C9H14N2OS/c12-9-1-3-11(4-2-9)5-8-6-13-7-10-8/h6-7,9,12H,1-5H2. The van der Waals surface area contributed by atoms with Gasteiger partial charge in [0.15, 0.2) is 0 Å². The fraction of sp³-hybridized carbons (Fsp3) is 0.667. The van der Waals surface area contributed by atoms with Crippen LogP contribution in [0, 0.1) is 0 Å². The lowest BCUT2D eigenvalue weighted by atomic mass is 10.1. The highest BCUT2D eigenvalue weighted by Crippen LogP contribution is 2.13. The minimum absolute atomic E-state index is 0.0771. The third kappa shape index (κ3) is 2.49. The maximum Gasteiger partial charge on any atom is 0.0795 e. The van der Waals surface area contributed by atoms with Gasteiger partial charge in [0.25, 0.3) is 0 Å². The number of nitrogens with zero attached hydrogens (tertiary/aromatic N) is 2. The van der Waals surface area contributed by atoms with Crippen LogP contribution in [-0.4, -0.2) is 34.2 Å². The zero-order valence-corrected chi connectivity index (χ0v) is 8.33. The molecule has 2 heterocycles. The highest BCUT2D eigenvalue weighted by atomic mass is 32.1. The summed E-state index contributed by atoms with van der Waals surface area (Å²) in [5.41, 5.74) is 3.02. The Morgan fingerprint density at radius 3 is 2.92 bits per heavy atom. The number of thiazole rings is 1. The molecule has 0 atom stereocenters. The van der Waals surface area contributed by atoms with E-state index >= 15 is 0 Å². The molecule has 2 rings (SSSR count). The average Bonchev–Trinajstić information content (AvgIpc) is 2.62. The van der Waals surface area contributed by atoms with E-state index in [2.05, 4.69) is 15.3 Å². The van der Waals surface area contributed by atoms with Crippen molar-refractivity contribution in [3.63, 3.8) is 0 Å². The summed E-state index contributed by atoms with van der Waals surface area (Å²) < 4.78 is 0. The van der Waals surface area contributed by atoms with Gasteiger partial charge in [-0.15, -0.1) is 11.3 Å². The molecule has 0 aromatic carbocycles. The van der Waals surface area contributed by atoms with Crippen LogP contribution in [0.15, 0.2) is 10.9 Å². The zero-order chi connectivity index (χ0) is 9.10. The van der Waals surface area contributed by atoms with Crippen LogP contribution in [0.4, 0.5) is 0 Å². The van der Waals surface area contributed by atoms with Crippen molar-refractivity contribution in [2.24, 2.45) is 0 Å². The molecule has 1 fully saturated rings. The maximum atomic E-state index is 9.31. The monoisotopic (exact) mass is 198 g/mol. The van der Waals surface area contributed by atoms with E-state index in [0.29, 0.717) is 0 Å². The Morgan fingerprint density at radius 2 is 2.31 bits per heavy atom. The second-order valence-electron chi connectivity index (χ2n) is 3.49. The first-order chi connectivity index (χ1) is 6.34. The molecule has 0 saturated carbocycles. The predicted octanol–water partition coefficient (Wildman–Crippen LogP) is 1.10. The molecule has 1 aliphatic rings. The van der Waals surface area contributed by atoms with Gasteiger partial charge in [-0.25, -0.2) is 4.98 Å². The maximum absolute atomic E-state index is 9.31. The van der Waals surface area contributed by atoms with Gasteiger partial charge >= 0.3 is 0 Å². The molecule has 0 bridgehead atoms. The molecule has 1 aliphatic heterocycles. The molecule has 1 saturated heterocycles. The van der Waals surface area contributed by atoms with E-state index in [1.807, 2.05) is 5.51 Å². The first kappa shape index (κ1) is 9.12. The van der Waals surface area contributed by atoms with Gasteiger partial charge < -0.3 is 5.11 Å². The molecule has 4 heteroatoms. The summed E-state index contributed by atoms with van der Waals surface area (Å²) in [7, 11) is 0. The van der Waals surface area contributed by atoms with E-state index < -0.39 is 0 Å². The largest absolute Gasteiger partial charge is 0.393 e. The van der Waals surface area contributed by atoms with Gasteiger partial charge in [-0.3, -0.25) is 4.90 Å². The molecule has 13 heavy (non-hydrogen) atoms. The number of hydrogen-bond donors (Lipinski definition) is 1. The van der Waals surface area contributed by atoms with E-state index in [9.17, 15) is 5.11 Å². The molecule has 0 aliphatic carbocycles. The number of aliphatic hydroxyl groups excluding tert-OH is 1. The normalized spacial score (nSPS) is 20.7. The smallest absolute Gasteiger partial charge is 0.0795 e. The van der Waals surface area contributed by atoms with Gasteiger partial charge in [0, 0.05) is 25.0 Å². The summed E-state index contributed by atoms with van der Waals surface area (Å²) in [6.45, 7) is 2.94. The van der Waals surface area contributed by atoms with Crippen LogP contribution in [0.5, 0.6) is 0 Å². The highest BCUT2D eigenvalue weighted by molar-refractivity contribution is 7.07. The second-order valence-corrected chi connectivity index (χ2v) is 4.21. The van der Waals surface area contributed by atoms with E-state index in [1.54, 1.807) is 11.3 Å². The third-order valence-corrected chi connectivity index (χ3v) is 3.06. The van der Waals surface area contributed by atoms with Gasteiger partial charge in [0.2, 0.25) is 0 Å². The second kappa shape index (κ2) is 4.17.